The third-order valence-electron chi connectivity index (χ3n) is 6.21. The maximum Gasteiger partial charge on any atom is 0.331 e. The van der Waals surface area contributed by atoms with E-state index in [1.54, 1.807) is 4.68 Å². The van der Waals surface area contributed by atoms with Crippen molar-refractivity contribution in [3.05, 3.63) is 35.9 Å². The molecule has 0 radical (unpaired) electrons. The highest BCUT2D eigenvalue weighted by Crippen LogP contribution is 2.31. The Balaban J connectivity index is 1.40. The molecule has 8 nitrogen and oxygen atoms in total. The van der Waals surface area contributed by atoms with E-state index in [1.807, 2.05) is 24.7 Å². The molecule has 29 heavy (non-hydrogen) atoms. The van der Waals surface area contributed by atoms with Crippen molar-refractivity contribution in [2.45, 2.75) is 57.5 Å². The van der Waals surface area contributed by atoms with Gasteiger partial charge >= 0.3 is 5.97 Å². The average Bonchev–Trinajstić information content (AvgIpc) is 3.42. The van der Waals surface area contributed by atoms with E-state index in [0.717, 1.165) is 36.8 Å². The minimum atomic E-state index is -0.959. The monoisotopic (exact) mass is 398 g/mol. The van der Waals surface area contributed by atoms with Crippen LogP contribution in [-0.2, 0) is 16.9 Å². The number of hydrogen-bond donors (Lipinski definition) is 1. The third kappa shape index (κ3) is 3.99. The number of rotatable bonds is 6. The second kappa shape index (κ2) is 8.10. The van der Waals surface area contributed by atoms with Gasteiger partial charge in [-0.2, -0.15) is 5.10 Å². The van der Waals surface area contributed by atoms with Crippen LogP contribution in [0.25, 0.3) is 0 Å². The molecule has 2 fully saturated rings. The van der Waals surface area contributed by atoms with Crippen LogP contribution >= 0.6 is 0 Å². The van der Waals surface area contributed by atoms with E-state index in [0.29, 0.717) is 25.9 Å². The predicted molar refractivity (Wildman–Crippen MR) is 110 cm³/mol. The molecular formula is C21H30N6O2. The summed E-state index contributed by atoms with van der Waals surface area (Å²) in [6, 6.07) is 1.93. The number of carboxylic acids is 1. The Morgan fingerprint density at radius 2 is 1.79 bits per heavy atom. The van der Waals surface area contributed by atoms with Gasteiger partial charge in [-0.1, -0.05) is 13.8 Å². The molecule has 0 atom stereocenters. The summed E-state index contributed by atoms with van der Waals surface area (Å²) in [5.41, 5.74) is 1.04. The highest BCUT2D eigenvalue weighted by atomic mass is 16.4. The lowest BCUT2D eigenvalue weighted by atomic mass is 9.87. The Labute approximate surface area is 171 Å². The average molecular weight is 399 g/mol. The van der Waals surface area contributed by atoms with Gasteiger partial charge in [0.15, 0.2) is 5.54 Å². The molecule has 0 amide bonds. The van der Waals surface area contributed by atoms with E-state index in [1.165, 1.54) is 12.8 Å². The predicted octanol–water partition coefficient (Wildman–Crippen LogP) is 2.47. The third-order valence-corrected chi connectivity index (χ3v) is 6.21. The van der Waals surface area contributed by atoms with Crippen LogP contribution in [0.3, 0.4) is 0 Å². The van der Waals surface area contributed by atoms with Crippen LogP contribution in [0.4, 0.5) is 5.95 Å². The van der Waals surface area contributed by atoms with E-state index in [4.69, 9.17) is 0 Å². The van der Waals surface area contributed by atoms with E-state index in [9.17, 15) is 9.90 Å². The van der Waals surface area contributed by atoms with Crippen molar-refractivity contribution in [2.24, 2.45) is 0 Å². The van der Waals surface area contributed by atoms with Gasteiger partial charge in [-0.3, -0.25) is 9.58 Å². The number of likely N-dealkylation sites (tertiary alicyclic amines) is 1. The molecule has 2 saturated heterocycles. The van der Waals surface area contributed by atoms with Crippen LogP contribution in [0.5, 0.6) is 0 Å². The molecule has 8 heteroatoms. The number of nitrogens with zero attached hydrogens (tertiary/aromatic N) is 6. The first-order chi connectivity index (χ1) is 14.0. The molecule has 2 aromatic rings. The van der Waals surface area contributed by atoms with Crippen molar-refractivity contribution in [1.29, 1.82) is 0 Å². The normalized spacial score (nSPS) is 19.8. The summed E-state index contributed by atoms with van der Waals surface area (Å²) in [6.07, 6.45) is 9.12. The summed E-state index contributed by atoms with van der Waals surface area (Å²) in [7, 11) is 0. The van der Waals surface area contributed by atoms with Gasteiger partial charge in [0, 0.05) is 56.9 Å². The van der Waals surface area contributed by atoms with Crippen molar-refractivity contribution < 1.29 is 9.90 Å². The number of anilines is 1. The second-order valence-corrected chi connectivity index (χ2v) is 8.54. The van der Waals surface area contributed by atoms with Crippen LogP contribution in [0.1, 0.15) is 56.7 Å². The lowest BCUT2D eigenvalue weighted by Gasteiger charge is -2.39. The Kier molecular flexibility index (Phi) is 5.54. The summed E-state index contributed by atoms with van der Waals surface area (Å²) in [5.74, 6) is 0.300. The minimum absolute atomic E-state index is 0.283. The molecule has 0 spiro atoms. The fourth-order valence-corrected chi connectivity index (χ4v) is 4.27. The quantitative estimate of drug-likeness (QED) is 0.800. The molecular weight excluding hydrogens is 368 g/mol. The number of aliphatic carboxylic acids is 1. The molecule has 156 valence electrons. The van der Waals surface area contributed by atoms with E-state index >= 15 is 0 Å². The van der Waals surface area contributed by atoms with Crippen LogP contribution in [-0.4, -0.2) is 61.9 Å². The largest absolute Gasteiger partial charge is 0.479 e. The van der Waals surface area contributed by atoms with Crippen LogP contribution in [0.15, 0.2) is 24.7 Å². The number of piperidine rings is 1. The molecule has 2 aromatic heterocycles. The fourth-order valence-electron chi connectivity index (χ4n) is 4.27. The van der Waals surface area contributed by atoms with Gasteiger partial charge in [0.05, 0.1) is 5.69 Å². The Bertz CT molecular complexity index is 833. The van der Waals surface area contributed by atoms with Crippen LogP contribution in [0, 0.1) is 0 Å². The molecule has 1 N–H and O–H groups in total. The summed E-state index contributed by atoms with van der Waals surface area (Å²) >= 11 is 0. The Morgan fingerprint density at radius 3 is 2.34 bits per heavy atom. The lowest BCUT2D eigenvalue weighted by molar-refractivity contribution is -0.151. The van der Waals surface area contributed by atoms with Gasteiger partial charge in [0.25, 0.3) is 0 Å². The second-order valence-electron chi connectivity index (χ2n) is 8.54. The van der Waals surface area contributed by atoms with Gasteiger partial charge in [-0.05, 0) is 37.7 Å². The molecule has 4 rings (SSSR count). The van der Waals surface area contributed by atoms with Crippen molar-refractivity contribution in [3.8, 4) is 0 Å². The van der Waals surface area contributed by atoms with Gasteiger partial charge < -0.3 is 10.0 Å². The summed E-state index contributed by atoms with van der Waals surface area (Å²) < 4.78 is 1.68. The Morgan fingerprint density at radius 1 is 1.14 bits per heavy atom. The zero-order valence-corrected chi connectivity index (χ0v) is 17.3. The van der Waals surface area contributed by atoms with Gasteiger partial charge in [0.1, 0.15) is 0 Å². The zero-order chi connectivity index (χ0) is 20.4. The van der Waals surface area contributed by atoms with Crippen LogP contribution in [0.2, 0.25) is 0 Å². The standard InChI is InChI=1S/C21H30N6O2/c1-16(2)18-5-10-27(24-18)21(19(28)29)6-11-25(12-7-21)15-17-13-22-20(23-14-17)26-8-3-4-9-26/h5,10,13-14,16H,3-4,6-9,11-12,15H2,1-2H3,(H,28,29). The first-order valence-corrected chi connectivity index (χ1v) is 10.6. The van der Waals surface area contributed by atoms with Gasteiger partial charge in [-0.15, -0.1) is 0 Å². The van der Waals surface area contributed by atoms with Crippen LogP contribution < -0.4 is 4.90 Å². The topological polar surface area (TPSA) is 87.4 Å². The van der Waals surface area contributed by atoms with Crippen molar-refractivity contribution >= 4 is 11.9 Å². The first-order valence-electron chi connectivity index (χ1n) is 10.6. The van der Waals surface area contributed by atoms with E-state index < -0.39 is 11.5 Å². The SMILES string of the molecule is CC(C)c1ccn(C2(C(=O)O)CCN(Cc3cnc(N4CCCC4)nc3)CC2)n1. The minimum Gasteiger partial charge on any atom is -0.479 e. The lowest BCUT2D eigenvalue weighted by Crippen LogP contribution is -2.51. The zero-order valence-electron chi connectivity index (χ0n) is 17.3. The van der Waals surface area contributed by atoms with Gasteiger partial charge in [-0.25, -0.2) is 14.8 Å². The molecule has 0 aliphatic carbocycles. The molecule has 0 unspecified atom stereocenters. The van der Waals surface area contributed by atoms with E-state index in [-0.39, 0.29) is 5.92 Å². The van der Waals surface area contributed by atoms with Crippen molar-refractivity contribution in [3.63, 3.8) is 0 Å². The van der Waals surface area contributed by atoms with Crippen molar-refractivity contribution in [2.75, 3.05) is 31.1 Å². The molecule has 0 aromatic carbocycles. The smallest absolute Gasteiger partial charge is 0.331 e. The molecule has 2 aliphatic heterocycles. The summed E-state index contributed by atoms with van der Waals surface area (Å²) in [6.45, 7) is 8.36. The number of aromatic nitrogens is 4. The molecule has 0 bridgehead atoms. The maximum atomic E-state index is 12.2. The summed E-state index contributed by atoms with van der Waals surface area (Å²) in [4.78, 5) is 25.7. The fraction of sp³-hybridized carbons (Fsp3) is 0.619. The summed E-state index contributed by atoms with van der Waals surface area (Å²) in [5, 5.41) is 14.6. The molecule has 4 heterocycles. The van der Waals surface area contributed by atoms with Gasteiger partial charge in [0.2, 0.25) is 5.95 Å². The highest BCUT2D eigenvalue weighted by Gasteiger charge is 2.44. The van der Waals surface area contributed by atoms with Crippen molar-refractivity contribution in [1.82, 2.24) is 24.6 Å². The molecule has 0 saturated carbocycles. The highest BCUT2D eigenvalue weighted by molar-refractivity contribution is 5.76. The number of hydrogen-bond acceptors (Lipinski definition) is 6. The number of carbonyl (C=O) groups is 1. The Hall–Kier alpha value is -2.48. The molecule has 2 aliphatic rings. The number of carboxylic acid groups (broad SMARTS) is 1. The van der Waals surface area contributed by atoms with E-state index in [2.05, 4.69) is 38.7 Å². The maximum absolute atomic E-state index is 12.2. The first kappa shape index (κ1) is 19.8.